The van der Waals surface area contributed by atoms with E-state index in [0.717, 1.165) is 27.2 Å². The van der Waals surface area contributed by atoms with Crippen LogP contribution in [-0.2, 0) is 14.8 Å². The fourth-order valence-electron chi connectivity index (χ4n) is 3.09. The zero-order valence-electron chi connectivity index (χ0n) is 18.2. The number of halogens is 2. The summed E-state index contributed by atoms with van der Waals surface area (Å²) in [5, 5.41) is 2.41. The Bertz CT molecular complexity index is 1240. The Balaban J connectivity index is 1.72. The lowest BCUT2D eigenvalue weighted by Crippen LogP contribution is -2.42. The van der Waals surface area contributed by atoms with E-state index in [0.29, 0.717) is 0 Å². The number of carbonyl (C=O) groups is 1. The highest BCUT2D eigenvalue weighted by Gasteiger charge is 2.27. The molecule has 1 amide bonds. The van der Waals surface area contributed by atoms with Crippen molar-refractivity contribution in [3.63, 3.8) is 0 Å². The molecule has 174 valence electrons. The SMILES string of the molecule is Cc1cccc(OCCNC(=O)CN(c2ccc(F)c(Cl)c2)S(=O)(=O)c2ccccc2)c1C. The molecule has 0 atom stereocenters. The molecule has 0 spiro atoms. The number of hydrogen-bond acceptors (Lipinski definition) is 4. The fraction of sp³-hybridized carbons (Fsp3) is 0.208. The Morgan fingerprint density at radius 3 is 2.48 bits per heavy atom. The quantitative estimate of drug-likeness (QED) is 0.448. The highest BCUT2D eigenvalue weighted by atomic mass is 35.5. The minimum atomic E-state index is -4.10. The molecule has 3 aromatic carbocycles. The summed E-state index contributed by atoms with van der Waals surface area (Å²) >= 11 is 5.86. The highest BCUT2D eigenvalue weighted by Crippen LogP contribution is 2.27. The van der Waals surface area contributed by atoms with E-state index >= 15 is 0 Å². The summed E-state index contributed by atoms with van der Waals surface area (Å²) in [6.45, 7) is 3.80. The van der Waals surface area contributed by atoms with E-state index in [2.05, 4.69) is 5.32 Å². The molecule has 0 unspecified atom stereocenters. The normalized spacial score (nSPS) is 11.2. The van der Waals surface area contributed by atoms with Crippen molar-refractivity contribution in [2.24, 2.45) is 0 Å². The zero-order chi connectivity index (χ0) is 24.0. The number of amides is 1. The van der Waals surface area contributed by atoms with Gasteiger partial charge in [-0.15, -0.1) is 0 Å². The van der Waals surface area contributed by atoms with Gasteiger partial charge in [0.1, 0.15) is 24.7 Å². The zero-order valence-corrected chi connectivity index (χ0v) is 19.8. The van der Waals surface area contributed by atoms with Crippen molar-refractivity contribution in [3.05, 3.63) is 88.7 Å². The number of rotatable bonds is 9. The third kappa shape index (κ3) is 6.03. The number of benzene rings is 3. The van der Waals surface area contributed by atoms with E-state index in [1.54, 1.807) is 18.2 Å². The van der Waals surface area contributed by atoms with Crippen LogP contribution in [0.3, 0.4) is 0 Å². The topological polar surface area (TPSA) is 75.7 Å². The predicted octanol–water partition coefficient (Wildman–Crippen LogP) is 4.49. The molecule has 0 fully saturated rings. The first-order chi connectivity index (χ1) is 15.7. The fourth-order valence-corrected chi connectivity index (χ4v) is 4.70. The molecule has 0 saturated heterocycles. The molecule has 0 radical (unpaired) electrons. The van der Waals surface area contributed by atoms with Gasteiger partial charge in [-0.3, -0.25) is 9.10 Å². The molecule has 0 bridgehead atoms. The minimum Gasteiger partial charge on any atom is -0.491 e. The van der Waals surface area contributed by atoms with Crippen LogP contribution in [0, 0.1) is 19.7 Å². The first kappa shape index (κ1) is 24.5. The first-order valence-electron chi connectivity index (χ1n) is 10.2. The Morgan fingerprint density at radius 2 is 1.79 bits per heavy atom. The third-order valence-corrected chi connectivity index (χ3v) is 7.12. The number of hydrogen-bond donors (Lipinski definition) is 1. The van der Waals surface area contributed by atoms with E-state index in [1.165, 1.54) is 24.3 Å². The maximum Gasteiger partial charge on any atom is 0.264 e. The molecule has 3 aromatic rings. The number of ether oxygens (including phenoxy) is 1. The average molecular weight is 491 g/mol. The lowest BCUT2D eigenvalue weighted by atomic mass is 10.1. The molecule has 0 aliphatic heterocycles. The van der Waals surface area contributed by atoms with E-state index in [1.807, 2.05) is 32.0 Å². The van der Waals surface area contributed by atoms with Gasteiger partial charge in [0.05, 0.1) is 22.2 Å². The number of carbonyl (C=O) groups excluding carboxylic acids is 1. The summed E-state index contributed by atoms with van der Waals surface area (Å²) in [6.07, 6.45) is 0. The van der Waals surface area contributed by atoms with Gasteiger partial charge in [-0.25, -0.2) is 12.8 Å². The van der Waals surface area contributed by atoms with Crippen molar-refractivity contribution in [3.8, 4) is 5.75 Å². The second-order valence-electron chi connectivity index (χ2n) is 7.32. The van der Waals surface area contributed by atoms with Crippen molar-refractivity contribution in [2.45, 2.75) is 18.7 Å². The molecule has 0 aliphatic rings. The van der Waals surface area contributed by atoms with Gasteiger partial charge in [-0.2, -0.15) is 0 Å². The molecule has 0 heterocycles. The average Bonchev–Trinajstić information content (AvgIpc) is 2.80. The van der Waals surface area contributed by atoms with Crippen LogP contribution >= 0.6 is 11.6 Å². The van der Waals surface area contributed by atoms with Gasteiger partial charge in [0.15, 0.2) is 0 Å². The van der Waals surface area contributed by atoms with Gasteiger partial charge >= 0.3 is 0 Å². The van der Waals surface area contributed by atoms with Gasteiger partial charge in [-0.05, 0) is 61.4 Å². The number of nitrogens with zero attached hydrogens (tertiary/aromatic N) is 1. The number of nitrogens with one attached hydrogen (secondary N) is 1. The van der Waals surface area contributed by atoms with E-state index < -0.39 is 28.3 Å². The van der Waals surface area contributed by atoms with Gasteiger partial charge in [0.2, 0.25) is 5.91 Å². The molecule has 33 heavy (non-hydrogen) atoms. The lowest BCUT2D eigenvalue weighted by molar-refractivity contribution is -0.119. The minimum absolute atomic E-state index is 0.00324. The van der Waals surface area contributed by atoms with Gasteiger partial charge in [0, 0.05) is 0 Å². The molecule has 9 heteroatoms. The van der Waals surface area contributed by atoms with Crippen molar-refractivity contribution < 1.29 is 22.3 Å². The largest absolute Gasteiger partial charge is 0.491 e. The second kappa shape index (κ2) is 10.7. The van der Waals surface area contributed by atoms with Crippen molar-refractivity contribution in [1.29, 1.82) is 0 Å². The molecular formula is C24H24ClFN2O4S. The Hall–Kier alpha value is -3.10. The first-order valence-corrected chi connectivity index (χ1v) is 12.0. The van der Waals surface area contributed by atoms with Crippen LogP contribution in [0.2, 0.25) is 5.02 Å². The predicted molar refractivity (Wildman–Crippen MR) is 127 cm³/mol. The van der Waals surface area contributed by atoms with E-state index in [9.17, 15) is 17.6 Å². The van der Waals surface area contributed by atoms with Crippen LogP contribution in [-0.4, -0.2) is 34.0 Å². The van der Waals surface area contributed by atoms with Crippen molar-refractivity contribution >= 4 is 33.2 Å². The molecule has 1 N–H and O–H groups in total. The highest BCUT2D eigenvalue weighted by molar-refractivity contribution is 7.92. The van der Waals surface area contributed by atoms with Crippen LogP contribution in [0.4, 0.5) is 10.1 Å². The molecule has 6 nitrogen and oxygen atoms in total. The number of anilines is 1. The molecule has 3 rings (SSSR count). The summed E-state index contributed by atoms with van der Waals surface area (Å²) in [6, 6.07) is 16.9. The van der Waals surface area contributed by atoms with Crippen LogP contribution in [0.5, 0.6) is 5.75 Å². The summed E-state index contributed by atoms with van der Waals surface area (Å²) in [5.41, 5.74) is 2.18. The lowest BCUT2D eigenvalue weighted by Gasteiger charge is -2.24. The van der Waals surface area contributed by atoms with Crippen LogP contribution in [0.1, 0.15) is 11.1 Å². The van der Waals surface area contributed by atoms with Gasteiger partial charge in [0.25, 0.3) is 10.0 Å². The van der Waals surface area contributed by atoms with Crippen LogP contribution < -0.4 is 14.4 Å². The van der Waals surface area contributed by atoms with Crippen LogP contribution in [0.15, 0.2) is 71.6 Å². The molecule has 0 saturated carbocycles. The molecular weight excluding hydrogens is 467 g/mol. The monoisotopic (exact) mass is 490 g/mol. The molecule has 0 aliphatic carbocycles. The van der Waals surface area contributed by atoms with Crippen LogP contribution in [0.25, 0.3) is 0 Å². The number of aryl methyl sites for hydroxylation is 1. The Morgan fingerprint density at radius 1 is 1.06 bits per heavy atom. The summed E-state index contributed by atoms with van der Waals surface area (Å²) in [4.78, 5) is 12.6. The van der Waals surface area contributed by atoms with Crippen molar-refractivity contribution in [1.82, 2.24) is 5.32 Å². The Kier molecular flexibility index (Phi) is 7.94. The number of sulfonamides is 1. The maximum atomic E-state index is 13.6. The van der Waals surface area contributed by atoms with Gasteiger partial charge in [-0.1, -0.05) is 41.9 Å². The third-order valence-electron chi connectivity index (χ3n) is 5.05. The van der Waals surface area contributed by atoms with E-state index in [4.69, 9.17) is 16.3 Å². The summed E-state index contributed by atoms with van der Waals surface area (Å²) in [5.74, 6) is -0.511. The second-order valence-corrected chi connectivity index (χ2v) is 9.59. The van der Waals surface area contributed by atoms with Crippen molar-refractivity contribution in [2.75, 3.05) is 24.0 Å². The van der Waals surface area contributed by atoms with Gasteiger partial charge < -0.3 is 10.1 Å². The van der Waals surface area contributed by atoms with E-state index in [-0.39, 0.29) is 28.8 Å². The maximum absolute atomic E-state index is 13.6. The standard InChI is InChI=1S/C24H24ClFN2O4S/c1-17-7-6-10-23(18(17)2)32-14-13-27-24(29)16-28(19-11-12-22(26)21(25)15-19)33(30,31)20-8-4-3-5-9-20/h3-12,15H,13-14,16H2,1-2H3,(H,27,29). The Labute approximate surface area is 198 Å². The summed E-state index contributed by atoms with van der Waals surface area (Å²) in [7, 11) is -4.10. The summed E-state index contributed by atoms with van der Waals surface area (Å²) < 4.78 is 46.7. The molecule has 0 aromatic heterocycles. The smallest absolute Gasteiger partial charge is 0.264 e.